The van der Waals surface area contributed by atoms with Crippen LogP contribution in [0.3, 0.4) is 0 Å². The zero-order valence-corrected chi connectivity index (χ0v) is 18.6. The van der Waals surface area contributed by atoms with Gasteiger partial charge in [0.15, 0.2) is 0 Å². The van der Waals surface area contributed by atoms with E-state index in [-0.39, 0.29) is 29.3 Å². The Morgan fingerprint density at radius 3 is 2.90 bits per heavy atom. The van der Waals surface area contributed by atoms with Crippen LogP contribution >= 0.6 is 0 Å². The molecule has 3 aliphatic carbocycles. The molecule has 0 unspecified atom stereocenters. The van der Waals surface area contributed by atoms with E-state index in [2.05, 4.69) is 31.3 Å². The van der Waals surface area contributed by atoms with Crippen LogP contribution in [-0.2, 0) is 16.0 Å². The largest absolute Gasteiger partial charge is 0.469 e. The van der Waals surface area contributed by atoms with E-state index < -0.39 is 0 Å². The monoisotopic (exact) mass is 411 g/mol. The predicted octanol–water partition coefficient (Wildman–Crippen LogP) is 5.28. The van der Waals surface area contributed by atoms with Gasteiger partial charge in [-0.2, -0.15) is 0 Å². The van der Waals surface area contributed by atoms with E-state index in [1.807, 2.05) is 6.07 Å². The van der Waals surface area contributed by atoms with Crippen molar-refractivity contribution >= 4 is 5.97 Å². The van der Waals surface area contributed by atoms with Crippen molar-refractivity contribution in [2.75, 3.05) is 6.54 Å². The molecule has 5 rings (SSSR count). The number of carbonyl (C=O) groups excluding carboxylic acids is 1. The summed E-state index contributed by atoms with van der Waals surface area (Å²) < 4.78 is 11.6. The Kier molecular flexibility index (Phi) is 5.55. The van der Waals surface area contributed by atoms with Gasteiger partial charge in [-0.15, -0.1) is 0 Å². The molecule has 0 spiro atoms. The fraction of sp³-hybridized carbons (Fsp3) is 0.731. The van der Waals surface area contributed by atoms with Crippen molar-refractivity contribution in [1.29, 1.82) is 0 Å². The van der Waals surface area contributed by atoms with E-state index in [0.29, 0.717) is 17.9 Å². The first-order chi connectivity index (χ1) is 14.5. The molecular weight excluding hydrogens is 374 g/mol. The van der Waals surface area contributed by atoms with E-state index >= 15 is 0 Å². The van der Waals surface area contributed by atoms with Crippen molar-refractivity contribution in [3.8, 4) is 0 Å². The molecule has 30 heavy (non-hydrogen) atoms. The number of esters is 1. The molecule has 2 heterocycles. The van der Waals surface area contributed by atoms with Crippen LogP contribution in [0.1, 0.15) is 71.0 Å². The second-order valence-electron chi connectivity index (χ2n) is 10.7. The molecule has 4 aliphatic rings. The van der Waals surface area contributed by atoms with Crippen LogP contribution in [0.4, 0.5) is 0 Å². The molecule has 0 radical (unpaired) electrons. The standard InChI is InChI=1S/C26H37NO3/c1-17-7-5-11-26(2)15-24-20(14-22(17)26)21(25(28)30-24)16-27-23-10-4-3-8-18(23)13-19-9-6-12-29-19/h6,9,12,14,17-18,20-21,23-24,27H,3-5,7-8,10-11,13,15-16H2,1-2H3/t17-,18+,20+,21+,23-,24+,26+/m0/s1. The molecule has 4 heteroatoms. The number of nitrogens with one attached hydrogen (secondary N) is 1. The molecule has 1 N–H and O–H groups in total. The molecule has 1 aromatic heterocycles. The lowest BCUT2D eigenvalue weighted by atomic mass is 9.59. The minimum atomic E-state index is -0.0348. The second-order valence-corrected chi connectivity index (χ2v) is 10.7. The van der Waals surface area contributed by atoms with Crippen molar-refractivity contribution in [2.24, 2.45) is 29.1 Å². The lowest BCUT2D eigenvalue weighted by Crippen LogP contribution is -2.44. The van der Waals surface area contributed by atoms with Gasteiger partial charge >= 0.3 is 5.97 Å². The third-order valence-electron chi connectivity index (χ3n) is 8.63. The second kappa shape index (κ2) is 8.18. The topological polar surface area (TPSA) is 51.5 Å². The Balaban J connectivity index is 1.28. The summed E-state index contributed by atoms with van der Waals surface area (Å²) in [6, 6.07) is 4.53. The molecule has 164 valence electrons. The quantitative estimate of drug-likeness (QED) is 0.529. The van der Waals surface area contributed by atoms with Gasteiger partial charge in [-0.25, -0.2) is 0 Å². The zero-order valence-electron chi connectivity index (χ0n) is 18.6. The molecule has 0 bridgehead atoms. The van der Waals surface area contributed by atoms with Gasteiger partial charge in [-0.3, -0.25) is 4.79 Å². The van der Waals surface area contributed by atoms with Gasteiger partial charge < -0.3 is 14.5 Å². The van der Waals surface area contributed by atoms with Gasteiger partial charge in [0, 0.05) is 24.9 Å². The van der Waals surface area contributed by atoms with Gasteiger partial charge in [0.25, 0.3) is 0 Å². The summed E-state index contributed by atoms with van der Waals surface area (Å²) in [7, 11) is 0. The Labute approximate surface area is 180 Å². The Morgan fingerprint density at radius 1 is 1.20 bits per heavy atom. The van der Waals surface area contributed by atoms with Crippen LogP contribution in [0.15, 0.2) is 34.5 Å². The van der Waals surface area contributed by atoms with Crippen molar-refractivity contribution in [3.63, 3.8) is 0 Å². The smallest absolute Gasteiger partial charge is 0.311 e. The molecule has 2 saturated carbocycles. The minimum Gasteiger partial charge on any atom is -0.469 e. The van der Waals surface area contributed by atoms with Crippen molar-refractivity contribution in [3.05, 3.63) is 35.8 Å². The maximum Gasteiger partial charge on any atom is 0.311 e. The molecule has 7 atom stereocenters. The lowest BCUT2D eigenvalue weighted by molar-refractivity contribution is -0.145. The van der Waals surface area contributed by atoms with Gasteiger partial charge in [0.1, 0.15) is 11.9 Å². The SMILES string of the molecule is C[C@H]1CCC[C@]2(C)C[C@H]3OC(=O)[C@H](CN[C@H]4CCCC[C@@H]4Cc4ccco4)[C@H]3C=C12. The van der Waals surface area contributed by atoms with E-state index in [1.165, 1.54) is 44.9 Å². The molecule has 0 aromatic carbocycles. The summed E-state index contributed by atoms with van der Waals surface area (Å²) in [6.45, 7) is 5.51. The number of carbonyl (C=O) groups is 1. The summed E-state index contributed by atoms with van der Waals surface area (Å²) in [4.78, 5) is 12.8. The molecule has 1 aromatic rings. The third kappa shape index (κ3) is 3.77. The Hall–Kier alpha value is -1.55. The molecule has 1 saturated heterocycles. The van der Waals surface area contributed by atoms with Crippen LogP contribution in [0, 0.1) is 29.1 Å². The van der Waals surface area contributed by atoms with Crippen molar-refractivity contribution in [1.82, 2.24) is 5.32 Å². The third-order valence-corrected chi connectivity index (χ3v) is 8.63. The summed E-state index contributed by atoms with van der Waals surface area (Å²) >= 11 is 0. The van der Waals surface area contributed by atoms with Crippen molar-refractivity contribution in [2.45, 2.75) is 83.8 Å². The minimum absolute atomic E-state index is 0.0163. The predicted molar refractivity (Wildman–Crippen MR) is 117 cm³/mol. The highest BCUT2D eigenvalue weighted by atomic mass is 16.6. The van der Waals surface area contributed by atoms with Crippen LogP contribution in [-0.4, -0.2) is 24.7 Å². The van der Waals surface area contributed by atoms with E-state index in [4.69, 9.17) is 9.15 Å². The van der Waals surface area contributed by atoms with Gasteiger partial charge in [-0.1, -0.05) is 44.8 Å². The molecule has 0 amide bonds. The van der Waals surface area contributed by atoms with Crippen LogP contribution in [0.2, 0.25) is 0 Å². The number of hydrogen-bond donors (Lipinski definition) is 1. The number of rotatable bonds is 5. The first-order valence-corrected chi connectivity index (χ1v) is 12.2. The van der Waals surface area contributed by atoms with Crippen LogP contribution in [0.5, 0.6) is 0 Å². The first kappa shape index (κ1) is 20.4. The normalized spacial score (nSPS) is 41.0. The van der Waals surface area contributed by atoms with Crippen molar-refractivity contribution < 1.29 is 13.9 Å². The van der Waals surface area contributed by atoms with E-state index in [9.17, 15) is 4.79 Å². The highest BCUT2D eigenvalue weighted by molar-refractivity contribution is 5.76. The number of hydrogen-bond acceptors (Lipinski definition) is 4. The lowest BCUT2D eigenvalue weighted by Gasteiger charge is -2.46. The summed E-state index contributed by atoms with van der Waals surface area (Å²) in [5.74, 6) is 2.54. The van der Waals surface area contributed by atoms with Gasteiger partial charge in [0.2, 0.25) is 0 Å². The molecular formula is C26H37NO3. The maximum absolute atomic E-state index is 12.8. The van der Waals surface area contributed by atoms with Gasteiger partial charge in [-0.05, 0) is 61.5 Å². The number of furan rings is 1. The van der Waals surface area contributed by atoms with Crippen LogP contribution in [0.25, 0.3) is 0 Å². The average Bonchev–Trinajstić information content (AvgIpc) is 3.33. The highest BCUT2D eigenvalue weighted by Crippen LogP contribution is 2.53. The molecule has 4 nitrogen and oxygen atoms in total. The van der Waals surface area contributed by atoms with Crippen LogP contribution < -0.4 is 5.32 Å². The zero-order chi connectivity index (χ0) is 20.7. The summed E-state index contributed by atoms with van der Waals surface area (Å²) in [5, 5.41) is 3.81. The maximum atomic E-state index is 12.8. The Morgan fingerprint density at radius 2 is 2.07 bits per heavy atom. The fourth-order valence-electron chi connectivity index (χ4n) is 6.97. The number of fused-ring (bicyclic) bond motifs is 2. The fourth-order valence-corrected chi connectivity index (χ4v) is 6.97. The summed E-state index contributed by atoms with van der Waals surface area (Å²) in [5.41, 5.74) is 1.84. The van der Waals surface area contributed by atoms with E-state index in [0.717, 1.165) is 25.1 Å². The molecule has 1 aliphatic heterocycles. The molecule has 3 fully saturated rings. The average molecular weight is 412 g/mol. The Bertz CT molecular complexity index is 784. The number of ether oxygens (including phenoxy) is 1. The van der Waals surface area contributed by atoms with E-state index in [1.54, 1.807) is 11.8 Å². The highest BCUT2D eigenvalue weighted by Gasteiger charge is 2.51. The first-order valence-electron chi connectivity index (χ1n) is 12.2. The number of allylic oxidation sites excluding steroid dienone is 1. The summed E-state index contributed by atoms with van der Waals surface area (Å²) in [6.07, 6.45) is 15.1. The van der Waals surface area contributed by atoms with Gasteiger partial charge in [0.05, 0.1) is 12.2 Å².